The fraction of sp³-hybridized carbons (Fsp3) is 0.176. The van der Waals surface area contributed by atoms with E-state index in [1.807, 2.05) is 0 Å². The van der Waals surface area contributed by atoms with Gasteiger partial charge in [-0.05, 0) is 36.4 Å². The van der Waals surface area contributed by atoms with Gasteiger partial charge in [0.25, 0.3) is 0 Å². The van der Waals surface area contributed by atoms with Crippen LogP contribution in [0.5, 0.6) is 5.75 Å². The largest absolute Gasteiger partial charge is 0.506 e. The summed E-state index contributed by atoms with van der Waals surface area (Å²) in [6, 6.07) is 9.05. The second kappa shape index (κ2) is 6.27. The SMILES string of the molecule is O=C(Nc1c(O)cccc1F)C1CC(=O)N(c2ccc(F)cc2)C1. The third-order valence-electron chi connectivity index (χ3n) is 3.87. The number of carbonyl (C=O) groups excluding carboxylic acids is 2. The number of nitrogens with one attached hydrogen (secondary N) is 1. The molecule has 0 aromatic heterocycles. The first kappa shape index (κ1) is 15.9. The van der Waals surface area contributed by atoms with Gasteiger partial charge in [0, 0.05) is 18.7 Å². The van der Waals surface area contributed by atoms with E-state index >= 15 is 0 Å². The number of hydrogen-bond donors (Lipinski definition) is 2. The molecular formula is C17H14F2N2O3. The maximum atomic E-state index is 13.7. The van der Waals surface area contributed by atoms with Crippen LogP contribution in [0, 0.1) is 17.6 Å². The Morgan fingerprint density at radius 1 is 1.17 bits per heavy atom. The number of hydrogen-bond acceptors (Lipinski definition) is 3. The van der Waals surface area contributed by atoms with Gasteiger partial charge in [-0.25, -0.2) is 8.78 Å². The number of anilines is 2. The highest BCUT2D eigenvalue weighted by Crippen LogP contribution is 2.29. The summed E-state index contributed by atoms with van der Waals surface area (Å²) in [6.45, 7) is 0.103. The molecule has 1 aliphatic rings. The molecule has 1 heterocycles. The second-order valence-electron chi connectivity index (χ2n) is 5.51. The molecule has 0 spiro atoms. The molecule has 1 fully saturated rings. The Morgan fingerprint density at radius 3 is 2.54 bits per heavy atom. The molecule has 1 saturated heterocycles. The van der Waals surface area contributed by atoms with E-state index in [0.29, 0.717) is 5.69 Å². The van der Waals surface area contributed by atoms with Gasteiger partial charge in [0.2, 0.25) is 11.8 Å². The summed E-state index contributed by atoms with van der Waals surface area (Å²) in [5.41, 5.74) is 0.181. The number of phenols is 1. The van der Waals surface area contributed by atoms with Crippen LogP contribution < -0.4 is 10.2 Å². The van der Waals surface area contributed by atoms with Crippen molar-refractivity contribution in [2.75, 3.05) is 16.8 Å². The molecule has 2 N–H and O–H groups in total. The van der Waals surface area contributed by atoms with Crippen molar-refractivity contribution >= 4 is 23.2 Å². The van der Waals surface area contributed by atoms with E-state index in [4.69, 9.17) is 0 Å². The molecule has 124 valence electrons. The zero-order valence-corrected chi connectivity index (χ0v) is 12.5. The fourth-order valence-electron chi connectivity index (χ4n) is 2.62. The third kappa shape index (κ3) is 3.05. The van der Waals surface area contributed by atoms with Gasteiger partial charge >= 0.3 is 0 Å². The minimum Gasteiger partial charge on any atom is -0.506 e. The molecule has 0 saturated carbocycles. The maximum Gasteiger partial charge on any atom is 0.229 e. The summed E-state index contributed by atoms with van der Waals surface area (Å²) in [5, 5.41) is 11.9. The lowest BCUT2D eigenvalue weighted by Gasteiger charge is -2.17. The van der Waals surface area contributed by atoms with Gasteiger partial charge in [0.1, 0.15) is 17.3 Å². The number of amides is 2. The Bertz CT molecular complexity index is 773. The van der Waals surface area contributed by atoms with Crippen LogP contribution in [0.4, 0.5) is 20.2 Å². The summed E-state index contributed by atoms with van der Waals surface area (Å²) in [7, 11) is 0. The molecule has 2 aromatic rings. The Morgan fingerprint density at radius 2 is 1.88 bits per heavy atom. The zero-order valence-electron chi connectivity index (χ0n) is 12.5. The number of phenolic OH excluding ortho intramolecular Hbond substituents is 1. The molecule has 2 aromatic carbocycles. The van der Waals surface area contributed by atoms with Crippen molar-refractivity contribution in [3.05, 3.63) is 54.1 Å². The molecule has 1 unspecified atom stereocenters. The Kier molecular flexibility index (Phi) is 4.16. The summed E-state index contributed by atoms with van der Waals surface area (Å²) >= 11 is 0. The molecule has 7 heteroatoms. The summed E-state index contributed by atoms with van der Waals surface area (Å²) < 4.78 is 26.6. The number of aromatic hydroxyl groups is 1. The van der Waals surface area contributed by atoms with Crippen molar-refractivity contribution in [3.63, 3.8) is 0 Å². The topological polar surface area (TPSA) is 69.6 Å². The van der Waals surface area contributed by atoms with E-state index in [2.05, 4.69) is 5.32 Å². The average Bonchev–Trinajstić information content (AvgIpc) is 2.94. The van der Waals surface area contributed by atoms with E-state index in [1.165, 1.54) is 41.3 Å². The van der Waals surface area contributed by atoms with Crippen LogP contribution in [0.1, 0.15) is 6.42 Å². The number of benzene rings is 2. The van der Waals surface area contributed by atoms with E-state index < -0.39 is 23.5 Å². The summed E-state index contributed by atoms with van der Waals surface area (Å²) in [5.74, 6) is -3.10. The first-order chi connectivity index (χ1) is 11.5. The first-order valence-corrected chi connectivity index (χ1v) is 7.30. The smallest absolute Gasteiger partial charge is 0.229 e. The van der Waals surface area contributed by atoms with Crippen LogP contribution >= 0.6 is 0 Å². The Hall–Kier alpha value is -2.96. The lowest BCUT2D eigenvalue weighted by Crippen LogP contribution is -2.28. The quantitative estimate of drug-likeness (QED) is 0.849. The van der Waals surface area contributed by atoms with Crippen LogP contribution in [0.2, 0.25) is 0 Å². The van der Waals surface area contributed by atoms with Gasteiger partial charge in [-0.1, -0.05) is 6.07 Å². The first-order valence-electron chi connectivity index (χ1n) is 7.30. The molecule has 0 bridgehead atoms. The molecule has 5 nitrogen and oxygen atoms in total. The molecule has 24 heavy (non-hydrogen) atoms. The fourth-order valence-corrected chi connectivity index (χ4v) is 2.62. The van der Waals surface area contributed by atoms with Gasteiger partial charge in [-0.3, -0.25) is 9.59 Å². The predicted molar refractivity (Wildman–Crippen MR) is 83.6 cm³/mol. The van der Waals surface area contributed by atoms with Gasteiger partial charge < -0.3 is 15.3 Å². The zero-order chi connectivity index (χ0) is 17.3. The molecule has 2 amide bonds. The third-order valence-corrected chi connectivity index (χ3v) is 3.87. The Balaban J connectivity index is 1.73. The van der Waals surface area contributed by atoms with Crippen LogP contribution in [-0.4, -0.2) is 23.5 Å². The number of rotatable bonds is 3. The van der Waals surface area contributed by atoms with Crippen molar-refractivity contribution in [1.29, 1.82) is 0 Å². The van der Waals surface area contributed by atoms with Crippen molar-refractivity contribution < 1.29 is 23.5 Å². The second-order valence-corrected chi connectivity index (χ2v) is 5.51. The van der Waals surface area contributed by atoms with Crippen molar-refractivity contribution in [3.8, 4) is 5.75 Å². The van der Waals surface area contributed by atoms with Gasteiger partial charge in [0.05, 0.1) is 5.92 Å². The van der Waals surface area contributed by atoms with E-state index in [1.54, 1.807) is 0 Å². The molecule has 3 rings (SSSR count). The highest BCUT2D eigenvalue weighted by atomic mass is 19.1. The summed E-state index contributed by atoms with van der Waals surface area (Å²) in [6.07, 6.45) is -0.0432. The maximum absolute atomic E-state index is 13.7. The molecule has 1 atom stereocenters. The van der Waals surface area contributed by atoms with Gasteiger partial charge in [-0.2, -0.15) is 0 Å². The minimum absolute atomic E-state index is 0.0432. The summed E-state index contributed by atoms with van der Waals surface area (Å²) in [4.78, 5) is 25.7. The van der Waals surface area contributed by atoms with Crippen molar-refractivity contribution in [2.45, 2.75) is 6.42 Å². The normalized spacial score (nSPS) is 17.2. The molecule has 0 aliphatic carbocycles. The number of halogens is 2. The molecular weight excluding hydrogens is 318 g/mol. The highest BCUT2D eigenvalue weighted by molar-refractivity contribution is 6.03. The highest BCUT2D eigenvalue weighted by Gasteiger charge is 2.35. The lowest BCUT2D eigenvalue weighted by molar-refractivity contribution is -0.122. The minimum atomic E-state index is -0.761. The van der Waals surface area contributed by atoms with Gasteiger partial charge in [-0.15, -0.1) is 0 Å². The number of nitrogens with zero attached hydrogens (tertiary/aromatic N) is 1. The van der Waals surface area contributed by atoms with Crippen LogP contribution in [-0.2, 0) is 9.59 Å². The average molecular weight is 332 g/mol. The van der Waals surface area contributed by atoms with E-state index in [-0.39, 0.29) is 30.3 Å². The Labute approximate surface area is 136 Å². The monoisotopic (exact) mass is 332 g/mol. The lowest BCUT2D eigenvalue weighted by atomic mass is 10.1. The van der Waals surface area contributed by atoms with Crippen LogP contribution in [0.3, 0.4) is 0 Å². The van der Waals surface area contributed by atoms with E-state index in [9.17, 15) is 23.5 Å². The van der Waals surface area contributed by atoms with Crippen LogP contribution in [0.15, 0.2) is 42.5 Å². The van der Waals surface area contributed by atoms with Crippen molar-refractivity contribution in [1.82, 2.24) is 0 Å². The molecule has 1 aliphatic heterocycles. The van der Waals surface area contributed by atoms with Gasteiger partial charge in [0.15, 0.2) is 5.82 Å². The van der Waals surface area contributed by atoms with Crippen LogP contribution in [0.25, 0.3) is 0 Å². The molecule has 0 radical (unpaired) electrons. The van der Waals surface area contributed by atoms with Crippen molar-refractivity contribution in [2.24, 2.45) is 5.92 Å². The predicted octanol–water partition coefficient (Wildman–Crippen LogP) is 2.66. The number of carbonyl (C=O) groups is 2. The standard InChI is InChI=1S/C17H14F2N2O3/c18-11-4-6-12(7-5-11)21-9-10(8-15(21)23)17(24)20-16-13(19)2-1-3-14(16)22/h1-7,10,22H,8-9H2,(H,20,24). The van der Waals surface area contributed by atoms with E-state index in [0.717, 1.165) is 6.07 Å². The number of para-hydroxylation sites is 1.